The van der Waals surface area contributed by atoms with Crippen LogP contribution < -0.4 is 29.6 Å². The molecule has 0 spiro atoms. The summed E-state index contributed by atoms with van der Waals surface area (Å²) < 4.78 is 30.6. The minimum absolute atomic E-state index is 0. The summed E-state index contributed by atoms with van der Waals surface area (Å²) in [6, 6.07) is 7.87. The van der Waals surface area contributed by atoms with Crippen LogP contribution in [0.2, 0.25) is 0 Å². The van der Waals surface area contributed by atoms with Crippen LogP contribution in [0.15, 0.2) is 47.4 Å². The molecular formula is C16H13NaO11S. The predicted octanol–water partition coefficient (Wildman–Crippen LogP) is -1.47. The van der Waals surface area contributed by atoms with Gasteiger partial charge in [0, 0.05) is 0 Å². The number of hydrogen-bond acceptors (Lipinski definition) is 6. The molecule has 13 heteroatoms. The third kappa shape index (κ3) is 7.29. The molecule has 0 aliphatic carbocycles. The van der Waals surface area contributed by atoms with Gasteiger partial charge < -0.3 is 21.9 Å². The van der Waals surface area contributed by atoms with Gasteiger partial charge in [-0.2, -0.15) is 8.42 Å². The Hall–Kier alpha value is -2.77. The van der Waals surface area contributed by atoms with Gasteiger partial charge in [-0.1, -0.05) is 6.07 Å². The molecule has 150 valence electrons. The van der Waals surface area contributed by atoms with Crippen LogP contribution in [0.4, 0.5) is 0 Å². The monoisotopic (exact) mass is 436 g/mol. The van der Waals surface area contributed by atoms with E-state index in [-0.39, 0.29) is 42.1 Å². The van der Waals surface area contributed by atoms with E-state index in [2.05, 4.69) is 0 Å². The van der Waals surface area contributed by atoms with Crippen molar-refractivity contribution < 1.29 is 83.6 Å². The Morgan fingerprint density at radius 2 is 0.966 bits per heavy atom. The molecule has 0 radical (unpaired) electrons. The maximum absolute atomic E-state index is 10.9. The Labute approximate surface area is 186 Å². The predicted molar refractivity (Wildman–Crippen MR) is 91.6 cm³/mol. The summed E-state index contributed by atoms with van der Waals surface area (Å²) in [6.07, 6.45) is 0. The van der Waals surface area contributed by atoms with E-state index in [9.17, 15) is 27.6 Å². The minimum atomic E-state index is -4.92. The molecule has 0 aliphatic rings. The topological polar surface area (TPSA) is 204 Å². The Morgan fingerprint density at radius 1 is 0.655 bits per heavy atom. The summed E-state index contributed by atoms with van der Waals surface area (Å²) in [6.45, 7) is 0. The van der Waals surface area contributed by atoms with Crippen molar-refractivity contribution in [2.75, 3.05) is 0 Å². The zero-order valence-electron chi connectivity index (χ0n) is 15.6. The zero-order valence-corrected chi connectivity index (χ0v) is 17.5. The van der Waals surface area contributed by atoms with Gasteiger partial charge >= 0.3 is 53.4 Å². The first kappa shape index (κ1) is 26.2. The standard InChI is InChI=1S/C8H6O7S.C8H6O4.Na.H/c9-7(10)4-2-1-3-5(8(11)12)6(4)16(13,14)15;9-7(10)5-1-2-6(4-3-5)8(11)12;;/h1-3H,(H,9,10)(H,11,12)(H,13,14,15);1-4H,(H,9,10)(H,11,12);;/q;;+1;-1. The molecule has 0 amide bonds. The van der Waals surface area contributed by atoms with Crippen LogP contribution in [0.25, 0.3) is 0 Å². The SMILES string of the molecule is O=C(O)c1ccc(C(=O)O)cc1.O=C(O)c1cccc(C(=O)O)c1S(=O)(=O)O.[H-].[Na+]. The molecule has 5 N–H and O–H groups in total. The molecule has 0 atom stereocenters. The fourth-order valence-corrected chi connectivity index (χ4v) is 2.77. The molecule has 0 saturated heterocycles. The first-order valence-corrected chi connectivity index (χ1v) is 8.44. The zero-order chi connectivity index (χ0) is 21.6. The van der Waals surface area contributed by atoms with E-state index in [1.807, 2.05) is 0 Å². The number of carboxylic acid groups (broad SMARTS) is 4. The summed E-state index contributed by atoms with van der Waals surface area (Å²) in [5.41, 5.74) is -1.41. The maximum atomic E-state index is 10.9. The van der Waals surface area contributed by atoms with Crippen LogP contribution in [-0.4, -0.2) is 57.3 Å². The quantitative estimate of drug-likeness (QED) is 0.270. The van der Waals surface area contributed by atoms with Gasteiger partial charge in [0.15, 0.2) is 0 Å². The minimum Gasteiger partial charge on any atom is -1.00 e. The Morgan fingerprint density at radius 3 is 1.17 bits per heavy atom. The maximum Gasteiger partial charge on any atom is 1.00 e. The molecule has 0 unspecified atom stereocenters. The second-order valence-corrected chi connectivity index (χ2v) is 6.31. The van der Waals surface area contributed by atoms with Crippen LogP contribution in [0.1, 0.15) is 42.9 Å². The molecule has 11 nitrogen and oxygen atoms in total. The summed E-state index contributed by atoms with van der Waals surface area (Å²) in [5.74, 6) is -5.41. The van der Waals surface area contributed by atoms with Gasteiger partial charge in [0.2, 0.25) is 0 Å². The molecule has 0 fully saturated rings. The summed E-state index contributed by atoms with van der Waals surface area (Å²) in [4.78, 5) is 40.9. The fraction of sp³-hybridized carbons (Fsp3) is 0. The van der Waals surface area contributed by atoms with E-state index < -0.39 is 50.0 Å². The van der Waals surface area contributed by atoms with E-state index in [0.717, 1.165) is 18.2 Å². The van der Waals surface area contributed by atoms with Crippen LogP contribution >= 0.6 is 0 Å². The van der Waals surface area contributed by atoms with Crippen molar-refractivity contribution in [3.63, 3.8) is 0 Å². The number of carbonyl (C=O) groups is 4. The molecule has 0 heterocycles. The second-order valence-electron chi connectivity index (χ2n) is 4.96. The van der Waals surface area contributed by atoms with E-state index >= 15 is 0 Å². The molecule has 2 rings (SSSR count). The van der Waals surface area contributed by atoms with Crippen LogP contribution in [0.5, 0.6) is 0 Å². The van der Waals surface area contributed by atoms with Crippen molar-refractivity contribution in [2.24, 2.45) is 0 Å². The molecule has 0 aliphatic heterocycles. The number of rotatable bonds is 5. The van der Waals surface area contributed by atoms with Gasteiger partial charge in [-0.3, -0.25) is 4.55 Å². The van der Waals surface area contributed by atoms with Gasteiger partial charge in [-0.15, -0.1) is 0 Å². The first-order valence-electron chi connectivity index (χ1n) is 7.00. The van der Waals surface area contributed by atoms with Gasteiger partial charge in [0.25, 0.3) is 10.1 Å². The number of carboxylic acids is 4. The first-order chi connectivity index (χ1) is 12.9. The van der Waals surface area contributed by atoms with Crippen molar-refractivity contribution in [1.29, 1.82) is 0 Å². The van der Waals surface area contributed by atoms with Crippen LogP contribution in [0.3, 0.4) is 0 Å². The molecule has 0 bridgehead atoms. The van der Waals surface area contributed by atoms with Gasteiger partial charge in [0.1, 0.15) is 4.90 Å². The Bertz CT molecular complexity index is 984. The van der Waals surface area contributed by atoms with Crippen molar-refractivity contribution >= 4 is 34.0 Å². The Balaban J connectivity index is 0. The third-order valence-corrected chi connectivity index (χ3v) is 4.07. The van der Waals surface area contributed by atoms with Crippen molar-refractivity contribution in [3.8, 4) is 0 Å². The summed E-state index contributed by atoms with van der Waals surface area (Å²) >= 11 is 0. The smallest absolute Gasteiger partial charge is 1.00 e. The molecule has 29 heavy (non-hydrogen) atoms. The van der Waals surface area contributed by atoms with E-state index in [1.54, 1.807) is 0 Å². The van der Waals surface area contributed by atoms with Crippen molar-refractivity contribution in [3.05, 3.63) is 64.7 Å². The third-order valence-electron chi connectivity index (χ3n) is 3.11. The molecule has 2 aromatic rings. The normalized spacial score (nSPS) is 9.97. The Kier molecular flexibility index (Phi) is 9.67. The van der Waals surface area contributed by atoms with Crippen LogP contribution in [0, 0.1) is 0 Å². The number of hydrogen-bond donors (Lipinski definition) is 5. The van der Waals surface area contributed by atoms with Gasteiger partial charge in [-0.05, 0) is 36.4 Å². The summed E-state index contributed by atoms with van der Waals surface area (Å²) in [5, 5.41) is 34.3. The molecule has 0 saturated carbocycles. The van der Waals surface area contributed by atoms with E-state index in [1.165, 1.54) is 24.3 Å². The molecule has 0 aromatic heterocycles. The number of aromatic carboxylic acids is 4. The average molecular weight is 436 g/mol. The van der Waals surface area contributed by atoms with Crippen LogP contribution in [-0.2, 0) is 10.1 Å². The largest absolute Gasteiger partial charge is 1.00 e. The van der Waals surface area contributed by atoms with E-state index in [0.29, 0.717) is 0 Å². The molecule has 2 aromatic carbocycles. The molecular weight excluding hydrogens is 423 g/mol. The van der Waals surface area contributed by atoms with Crippen molar-refractivity contribution in [1.82, 2.24) is 0 Å². The second kappa shape index (κ2) is 10.7. The average Bonchev–Trinajstić information content (AvgIpc) is 2.60. The van der Waals surface area contributed by atoms with Gasteiger partial charge in [-0.25, -0.2) is 19.2 Å². The van der Waals surface area contributed by atoms with Crippen molar-refractivity contribution in [2.45, 2.75) is 4.90 Å². The summed E-state index contributed by atoms with van der Waals surface area (Å²) in [7, 11) is -4.92. The fourth-order valence-electron chi connectivity index (χ4n) is 1.91. The number of benzene rings is 2. The van der Waals surface area contributed by atoms with Gasteiger partial charge in [0.05, 0.1) is 22.3 Å². The van der Waals surface area contributed by atoms with E-state index in [4.69, 9.17) is 25.0 Å².